The zero-order chi connectivity index (χ0) is 16.4. The molecule has 0 saturated heterocycles. The number of aromatic nitrogens is 2. The van der Waals surface area contributed by atoms with Crippen LogP contribution in [-0.2, 0) is 11.3 Å². The molecule has 7 heteroatoms. The minimum Gasteiger partial charge on any atom is -0.462 e. The van der Waals surface area contributed by atoms with E-state index >= 15 is 0 Å². The van der Waals surface area contributed by atoms with E-state index in [1.165, 1.54) is 16.0 Å². The molecule has 5 nitrogen and oxygen atoms in total. The zero-order valence-corrected chi connectivity index (χ0v) is 14.8. The highest BCUT2D eigenvalue weighted by atomic mass is 32.1. The maximum atomic E-state index is 11.9. The quantitative estimate of drug-likeness (QED) is 0.656. The highest BCUT2D eigenvalue weighted by Crippen LogP contribution is 2.28. The summed E-state index contributed by atoms with van der Waals surface area (Å²) in [5, 5.41) is 1.82. The van der Waals surface area contributed by atoms with Gasteiger partial charge in [-0.25, -0.2) is 14.8 Å². The lowest BCUT2D eigenvalue weighted by Gasteiger charge is -2.13. The SMILES string of the molecule is CCOC(=O)c1sc(N(C)Cc2nc3ccccc3s2)nc1C. The number of fused-ring (bicyclic) bond motifs is 1. The Labute approximate surface area is 142 Å². The number of carbonyl (C=O) groups is 1. The number of ether oxygens (including phenoxy) is 1. The lowest BCUT2D eigenvalue weighted by Crippen LogP contribution is -2.15. The normalized spacial score (nSPS) is 10.9. The Bertz CT molecular complexity index is 808. The van der Waals surface area contributed by atoms with Gasteiger partial charge in [-0.3, -0.25) is 0 Å². The van der Waals surface area contributed by atoms with E-state index in [1.54, 1.807) is 18.3 Å². The Kier molecular flexibility index (Phi) is 4.58. The molecule has 0 atom stereocenters. The molecule has 0 unspecified atom stereocenters. The van der Waals surface area contributed by atoms with Crippen LogP contribution < -0.4 is 4.90 Å². The largest absolute Gasteiger partial charge is 0.462 e. The molecule has 0 bridgehead atoms. The molecule has 0 radical (unpaired) electrons. The minimum absolute atomic E-state index is 0.304. The van der Waals surface area contributed by atoms with Crippen LogP contribution in [0.25, 0.3) is 10.2 Å². The molecule has 2 aromatic heterocycles. The van der Waals surface area contributed by atoms with Crippen molar-refractivity contribution in [2.24, 2.45) is 0 Å². The first-order valence-electron chi connectivity index (χ1n) is 7.28. The Morgan fingerprint density at radius 3 is 2.78 bits per heavy atom. The van der Waals surface area contributed by atoms with Gasteiger partial charge in [0.25, 0.3) is 0 Å². The second-order valence-electron chi connectivity index (χ2n) is 5.06. The molecule has 0 aliphatic heterocycles. The molecular formula is C16H17N3O2S2. The molecule has 0 N–H and O–H groups in total. The summed E-state index contributed by atoms with van der Waals surface area (Å²) in [7, 11) is 1.96. The van der Waals surface area contributed by atoms with E-state index in [1.807, 2.05) is 37.1 Å². The van der Waals surface area contributed by atoms with Gasteiger partial charge >= 0.3 is 5.97 Å². The van der Waals surface area contributed by atoms with Crippen LogP contribution in [0, 0.1) is 6.92 Å². The van der Waals surface area contributed by atoms with E-state index in [9.17, 15) is 4.79 Å². The summed E-state index contributed by atoms with van der Waals surface area (Å²) in [6.45, 7) is 4.66. The number of benzene rings is 1. The van der Waals surface area contributed by atoms with Crippen LogP contribution in [0.5, 0.6) is 0 Å². The molecule has 23 heavy (non-hydrogen) atoms. The van der Waals surface area contributed by atoms with Crippen LogP contribution in [0.2, 0.25) is 0 Å². The zero-order valence-electron chi connectivity index (χ0n) is 13.2. The van der Waals surface area contributed by atoms with Crippen LogP contribution in [0.15, 0.2) is 24.3 Å². The molecule has 0 fully saturated rings. The minimum atomic E-state index is -0.304. The summed E-state index contributed by atoms with van der Waals surface area (Å²) in [6, 6.07) is 8.10. The summed E-state index contributed by atoms with van der Waals surface area (Å²) in [6.07, 6.45) is 0. The number of rotatable bonds is 5. The van der Waals surface area contributed by atoms with Crippen molar-refractivity contribution in [3.63, 3.8) is 0 Å². The molecule has 0 aliphatic carbocycles. The van der Waals surface area contributed by atoms with Gasteiger partial charge < -0.3 is 9.64 Å². The summed E-state index contributed by atoms with van der Waals surface area (Å²) >= 11 is 3.04. The molecule has 120 valence electrons. The summed E-state index contributed by atoms with van der Waals surface area (Å²) < 4.78 is 6.24. The van der Waals surface area contributed by atoms with Crippen molar-refractivity contribution in [3.05, 3.63) is 39.8 Å². The third-order valence-corrected chi connectivity index (χ3v) is 5.56. The summed E-state index contributed by atoms with van der Waals surface area (Å²) in [5.41, 5.74) is 1.73. The summed E-state index contributed by atoms with van der Waals surface area (Å²) in [4.78, 5) is 23.6. The smallest absolute Gasteiger partial charge is 0.350 e. The van der Waals surface area contributed by atoms with E-state index in [0.29, 0.717) is 23.7 Å². The van der Waals surface area contributed by atoms with Gasteiger partial charge in [-0.1, -0.05) is 23.5 Å². The van der Waals surface area contributed by atoms with Crippen molar-refractivity contribution in [1.82, 2.24) is 9.97 Å². The van der Waals surface area contributed by atoms with Crippen molar-refractivity contribution >= 4 is 44.0 Å². The van der Waals surface area contributed by atoms with Gasteiger partial charge in [0.1, 0.15) is 9.88 Å². The van der Waals surface area contributed by atoms with E-state index in [-0.39, 0.29) is 5.97 Å². The van der Waals surface area contributed by atoms with E-state index in [2.05, 4.69) is 16.0 Å². The van der Waals surface area contributed by atoms with Gasteiger partial charge in [0.2, 0.25) is 0 Å². The van der Waals surface area contributed by atoms with E-state index in [4.69, 9.17) is 4.74 Å². The van der Waals surface area contributed by atoms with Crippen molar-refractivity contribution in [2.45, 2.75) is 20.4 Å². The molecule has 3 rings (SSSR count). The van der Waals surface area contributed by atoms with Gasteiger partial charge in [0.05, 0.1) is 29.1 Å². The van der Waals surface area contributed by atoms with Crippen molar-refractivity contribution < 1.29 is 9.53 Å². The number of aryl methyl sites for hydroxylation is 1. The Hall–Kier alpha value is -1.99. The average molecular weight is 347 g/mol. The number of esters is 1. The van der Waals surface area contributed by atoms with Crippen molar-refractivity contribution in [3.8, 4) is 0 Å². The third-order valence-electron chi connectivity index (χ3n) is 3.28. The monoisotopic (exact) mass is 347 g/mol. The maximum absolute atomic E-state index is 11.9. The summed E-state index contributed by atoms with van der Waals surface area (Å²) in [5.74, 6) is -0.304. The molecule has 0 amide bonds. The number of carbonyl (C=O) groups excluding carboxylic acids is 1. The van der Waals surface area contributed by atoms with Crippen LogP contribution in [0.1, 0.15) is 27.3 Å². The third kappa shape index (κ3) is 3.35. The fraction of sp³-hybridized carbons (Fsp3) is 0.312. The molecular weight excluding hydrogens is 330 g/mol. The molecule has 3 aromatic rings. The Morgan fingerprint density at radius 2 is 2.04 bits per heavy atom. The van der Waals surface area contributed by atoms with Crippen LogP contribution in [0.4, 0.5) is 5.13 Å². The standard InChI is InChI=1S/C16H17N3O2S2/c1-4-21-15(20)14-10(2)17-16(23-14)19(3)9-13-18-11-7-5-6-8-12(11)22-13/h5-8H,4,9H2,1-3H3. The maximum Gasteiger partial charge on any atom is 0.350 e. The van der Waals surface area contributed by atoms with Crippen LogP contribution >= 0.6 is 22.7 Å². The first kappa shape index (κ1) is 15.9. The van der Waals surface area contributed by atoms with Gasteiger partial charge in [-0.2, -0.15) is 0 Å². The predicted molar refractivity (Wildman–Crippen MR) is 94.5 cm³/mol. The second-order valence-corrected chi connectivity index (χ2v) is 7.16. The second kappa shape index (κ2) is 6.64. The van der Waals surface area contributed by atoms with Crippen molar-refractivity contribution in [2.75, 3.05) is 18.6 Å². The number of hydrogen-bond donors (Lipinski definition) is 0. The topological polar surface area (TPSA) is 55.3 Å². The average Bonchev–Trinajstić information content (AvgIpc) is 3.10. The van der Waals surface area contributed by atoms with Crippen LogP contribution in [0.3, 0.4) is 0 Å². The molecule has 2 heterocycles. The molecule has 1 aromatic carbocycles. The Balaban J connectivity index is 1.79. The van der Waals surface area contributed by atoms with Crippen molar-refractivity contribution in [1.29, 1.82) is 0 Å². The fourth-order valence-electron chi connectivity index (χ4n) is 2.19. The van der Waals surface area contributed by atoms with E-state index in [0.717, 1.165) is 15.7 Å². The lowest BCUT2D eigenvalue weighted by atomic mass is 10.3. The molecule has 0 aliphatic rings. The highest BCUT2D eigenvalue weighted by Gasteiger charge is 2.19. The van der Waals surface area contributed by atoms with Gasteiger partial charge in [0.15, 0.2) is 5.13 Å². The lowest BCUT2D eigenvalue weighted by molar-refractivity contribution is 0.0531. The first-order valence-corrected chi connectivity index (χ1v) is 8.92. The predicted octanol–water partition coefficient (Wildman–Crippen LogP) is 3.87. The molecule has 0 saturated carbocycles. The number of nitrogens with zero attached hydrogens (tertiary/aromatic N) is 3. The fourth-order valence-corrected chi connectivity index (χ4v) is 4.13. The van der Waals surface area contributed by atoms with E-state index < -0.39 is 0 Å². The van der Waals surface area contributed by atoms with Gasteiger partial charge in [0, 0.05) is 7.05 Å². The van der Waals surface area contributed by atoms with Gasteiger partial charge in [-0.05, 0) is 26.0 Å². The number of thiazole rings is 2. The number of para-hydroxylation sites is 1. The molecule has 0 spiro atoms. The Morgan fingerprint density at radius 1 is 1.26 bits per heavy atom. The van der Waals surface area contributed by atoms with Gasteiger partial charge in [-0.15, -0.1) is 11.3 Å². The number of anilines is 1. The van der Waals surface area contributed by atoms with Crippen LogP contribution in [-0.4, -0.2) is 29.6 Å². The number of hydrogen-bond acceptors (Lipinski definition) is 7. The highest BCUT2D eigenvalue weighted by molar-refractivity contribution is 7.18. The first-order chi connectivity index (χ1) is 11.1.